The average Bonchev–Trinajstić information content (AvgIpc) is 3.40. The van der Waals surface area contributed by atoms with Crippen LogP contribution in [-0.2, 0) is 9.59 Å². The molecule has 2 fully saturated rings. The summed E-state index contributed by atoms with van der Waals surface area (Å²) in [5.74, 6) is -1.69. The number of anilines is 1. The van der Waals surface area contributed by atoms with Gasteiger partial charge in [-0.1, -0.05) is 36.4 Å². The van der Waals surface area contributed by atoms with Crippen LogP contribution in [0.15, 0.2) is 77.9 Å². The Kier molecular flexibility index (Phi) is 5.10. The Hall–Kier alpha value is -4.46. The molecule has 8 nitrogen and oxygen atoms in total. The van der Waals surface area contributed by atoms with Gasteiger partial charge in [0, 0.05) is 5.56 Å². The van der Waals surface area contributed by atoms with Crippen LogP contribution < -0.4 is 14.4 Å². The van der Waals surface area contributed by atoms with E-state index in [-0.39, 0.29) is 11.7 Å². The van der Waals surface area contributed by atoms with Crippen LogP contribution in [0.2, 0.25) is 0 Å². The second-order valence-corrected chi connectivity index (χ2v) is 8.97. The molecule has 3 aliphatic rings. The fraction of sp³-hybridized carbons (Fsp3) is 0.214. The summed E-state index contributed by atoms with van der Waals surface area (Å²) in [5.41, 5.74) is 2.53. The van der Waals surface area contributed by atoms with E-state index in [9.17, 15) is 14.4 Å². The summed E-state index contributed by atoms with van der Waals surface area (Å²) in [5, 5.41) is 6.24. The maximum Gasteiger partial charge on any atom is 0.240 e. The number of carbonyl (C=O) groups is 3. The SMILES string of the molecule is COc1ccc(C(=O)C2C3C(=O)N(c4ccccc4OC)C(=O)C3C3c4ccccc4C=NN23)cc1. The molecule has 0 N–H and O–H groups in total. The van der Waals surface area contributed by atoms with E-state index in [0.29, 0.717) is 22.7 Å². The van der Waals surface area contributed by atoms with Gasteiger partial charge in [-0.15, -0.1) is 0 Å². The van der Waals surface area contributed by atoms with Gasteiger partial charge in [0.25, 0.3) is 0 Å². The Labute approximate surface area is 207 Å². The van der Waals surface area contributed by atoms with Gasteiger partial charge in [-0.05, 0) is 47.5 Å². The van der Waals surface area contributed by atoms with Crippen molar-refractivity contribution >= 4 is 29.5 Å². The molecule has 3 aliphatic heterocycles. The zero-order valence-corrected chi connectivity index (χ0v) is 19.7. The van der Waals surface area contributed by atoms with Crippen LogP contribution >= 0.6 is 0 Å². The number of para-hydroxylation sites is 2. The summed E-state index contributed by atoms with van der Waals surface area (Å²) >= 11 is 0. The summed E-state index contributed by atoms with van der Waals surface area (Å²) in [6.45, 7) is 0. The van der Waals surface area contributed by atoms with Crippen molar-refractivity contribution in [1.29, 1.82) is 0 Å². The average molecular weight is 482 g/mol. The maximum atomic E-state index is 14.0. The van der Waals surface area contributed by atoms with Crippen LogP contribution in [0.1, 0.15) is 27.5 Å². The van der Waals surface area contributed by atoms with E-state index < -0.39 is 29.8 Å². The minimum Gasteiger partial charge on any atom is -0.497 e. The summed E-state index contributed by atoms with van der Waals surface area (Å²) in [6.07, 6.45) is 1.69. The summed E-state index contributed by atoms with van der Waals surface area (Å²) in [4.78, 5) is 43.0. The largest absolute Gasteiger partial charge is 0.497 e. The minimum atomic E-state index is -0.936. The van der Waals surface area contributed by atoms with Crippen LogP contribution in [0.3, 0.4) is 0 Å². The van der Waals surface area contributed by atoms with Gasteiger partial charge in [-0.25, -0.2) is 4.90 Å². The normalized spacial score (nSPS) is 23.8. The Morgan fingerprint density at radius 1 is 0.833 bits per heavy atom. The fourth-order valence-corrected chi connectivity index (χ4v) is 5.65. The molecule has 0 radical (unpaired) electrons. The lowest BCUT2D eigenvalue weighted by atomic mass is 9.83. The Morgan fingerprint density at radius 2 is 1.53 bits per heavy atom. The molecule has 8 heteroatoms. The molecule has 6 rings (SSSR count). The lowest BCUT2D eigenvalue weighted by Gasteiger charge is -2.34. The first kappa shape index (κ1) is 22.0. The lowest BCUT2D eigenvalue weighted by molar-refractivity contribution is -0.124. The van der Waals surface area contributed by atoms with Crippen molar-refractivity contribution in [2.24, 2.45) is 16.9 Å². The van der Waals surface area contributed by atoms with Crippen molar-refractivity contribution in [3.63, 3.8) is 0 Å². The number of Topliss-reactive ketones (excluding diaryl/α,β-unsaturated/α-hetero) is 1. The highest BCUT2D eigenvalue weighted by atomic mass is 16.5. The number of rotatable bonds is 5. The van der Waals surface area contributed by atoms with E-state index >= 15 is 0 Å². The Bertz CT molecular complexity index is 1420. The highest BCUT2D eigenvalue weighted by Crippen LogP contribution is 2.53. The zero-order chi connectivity index (χ0) is 25.0. The van der Waals surface area contributed by atoms with Gasteiger partial charge in [-0.3, -0.25) is 19.4 Å². The molecule has 0 aliphatic carbocycles. The van der Waals surface area contributed by atoms with Crippen LogP contribution in [0.4, 0.5) is 5.69 Å². The second-order valence-electron chi connectivity index (χ2n) is 8.97. The van der Waals surface area contributed by atoms with Crippen LogP contribution in [0.5, 0.6) is 11.5 Å². The number of benzene rings is 3. The molecule has 36 heavy (non-hydrogen) atoms. The van der Waals surface area contributed by atoms with Crippen molar-refractivity contribution in [1.82, 2.24) is 5.01 Å². The van der Waals surface area contributed by atoms with E-state index in [1.807, 2.05) is 24.3 Å². The minimum absolute atomic E-state index is 0.269. The first-order chi connectivity index (χ1) is 17.5. The van der Waals surface area contributed by atoms with E-state index in [1.54, 1.807) is 66.9 Å². The smallest absolute Gasteiger partial charge is 0.240 e. The number of fused-ring (bicyclic) bond motifs is 5. The summed E-state index contributed by atoms with van der Waals surface area (Å²) in [7, 11) is 3.05. The first-order valence-corrected chi connectivity index (χ1v) is 11.7. The summed E-state index contributed by atoms with van der Waals surface area (Å²) in [6, 6.07) is 19.8. The standard InChI is InChI=1S/C28H23N3O5/c1-35-18-13-11-16(12-14-18)26(32)25-23-22(24-19-8-4-3-7-17(19)15-29-31(24)25)27(33)30(28(23)34)20-9-5-6-10-21(20)36-2/h3-15,22-25H,1-2H3. The predicted molar refractivity (Wildman–Crippen MR) is 132 cm³/mol. The van der Waals surface area contributed by atoms with Gasteiger partial charge in [0.2, 0.25) is 11.8 Å². The molecule has 4 atom stereocenters. The van der Waals surface area contributed by atoms with Gasteiger partial charge in [0.15, 0.2) is 5.78 Å². The first-order valence-electron chi connectivity index (χ1n) is 11.7. The number of ketones is 1. The third-order valence-electron chi connectivity index (χ3n) is 7.26. The maximum absolute atomic E-state index is 14.0. The molecular weight excluding hydrogens is 458 g/mol. The van der Waals surface area contributed by atoms with Crippen molar-refractivity contribution in [2.75, 3.05) is 19.1 Å². The van der Waals surface area contributed by atoms with Crippen LogP contribution in [0, 0.1) is 11.8 Å². The zero-order valence-electron chi connectivity index (χ0n) is 19.7. The summed E-state index contributed by atoms with van der Waals surface area (Å²) < 4.78 is 10.7. The molecule has 2 amide bonds. The van der Waals surface area contributed by atoms with E-state index in [2.05, 4.69) is 5.10 Å². The van der Waals surface area contributed by atoms with Gasteiger partial charge in [-0.2, -0.15) is 5.10 Å². The Balaban J connectivity index is 1.49. The van der Waals surface area contributed by atoms with Crippen molar-refractivity contribution in [3.05, 3.63) is 89.5 Å². The van der Waals surface area contributed by atoms with Crippen LogP contribution in [0.25, 0.3) is 0 Å². The number of carbonyl (C=O) groups excluding carboxylic acids is 3. The number of hydrogen-bond acceptors (Lipinski definition) is 7. The number of imide groups is 1. The second kappa shape index (κ2) is 8.34. The van der Waals surface area contributed by atoms with Gasteiger partial charge in [0.05, 0.1) is 44.0 Å². The topological polar surface area (TPSA) is 88.5 Å². The monoisotopic (exact) mass is 481 g/mol. The molecule has 0 saturated carbocycles. The molecule has 3 aromatic carbocycles. The number of hydrazone groups is 1. The molecule has 0 bridgehead atoms. The van der Waals surface area contributed by atoms with E-state index in [4.69, 9.17) is 9.47 Å². The number of hydrogen-bond donors (Lipinski definition) is 0. The highest BCUT2D eigenvalue weighted by Gasteiger charge is 2.65. The number of amides is 2. The van der Waals surface area contributed by atoms with Crippen molar-refractivity contribution in [3.8, 4) is 11.5 Å². The molecule has 3 heterocycles. The molecule has 2 saturated heterocycles. The predicted octanol–water partition coefficient (Wildman–Crippen LogP) is 3.47. The Morgan fingerprint density at radius 3 is 2.28 bits per heavy atom. The van der Waals surface area contributed by atoms with Gasteiger partial charge < -0.3 is 9.47 Å². The van der Waals surface area contributed by atoms with E-state index in [1.165, 1.54) is 12.0 Å². The number of nitrogens with zero attached hydrogens (tertiary/aromatic N) is 3. The van der Waals surface area contributed by atoms with E-state index in [0.717, 1.165) is 11.1 Å². The van der Waals surface area contributed by atoms with Crippen LogP contribution in [-0.4, -0.2) is 49.1 Å². The number of ether oxygens (including phenoxy) is 2. The van der Waals surface area contributed by atoms with Crippen molar-refractivity contribution in [2.45, 2.75) is 12.1 Å². The molecule has 180 valence electrons. The quantitative estimate of drug-likeness (QED) is 0.410. The molecule has 3 aromatic rings. The molecule has 0 spiro atoms. The number of methoxy groups -OCH3 is 2. The molecule has 4 unspecified atom stereocenters. The lowest BCUT2D eigenvalue weighted by Crippen LogP contribution is -2.44. The van der Waals surface area contributed by atoms with Gasteiger partial charge in [0.1, 0.15) is 17.5 Å². The third-order valence-corrected chi connectivity index (χ3v) is 7.26. The third kappa shape index (κ3) is 3.07. The van der Waals surface area contributed by atoms with Crippen molar-refractivity contribution < 1.29 is 23.9 Å². The molecular formula is C28H23N3O5. The molecule has 0 aromatic heterocycles. The van der Waals surface area contributed by atoms with Gasteiger partial charge >= 0.3 is 0 Å². The highest BCUT2D eigenvalue weighted by molar-refractivity contribution is 6.25. The fourth-order valence-electron chi connectivity index (χ4n) is 5.65.